The van der Waals surface area contributed by atoms with Crippen molar-refractivity contribution in [2.75, 3.05) is 6.54 Å². The molecule has 0 saturated carbocycles. The van der Waals surface area contributed by atoms with E-state index in [0.717, 1.165) is 12.8 Å². The molecule has 1 rings (SSSR count). The molecule has 6 nitrogen and oxygen atoms in total. The Morgan fingerprint density at radius 2 is 2.05 bits per heavy atom. The Kier molecular flexibility index (Phi) is 7.63. The first kappa shape index (κ1) is 17.9. The van der Waals surface area contributed by atoms with Crippen LogP contribution in [-0.4, -0.2) is 28.1 Å². The summed E-state index contributed by atoms with van der Waals surface area (Å²) in [6.45, 7) is 6.25. The van der Waals surface area contributed by atoms with Crippen LogP contribution in [0.4, 0.5) is 0 Å². The van der Waals surface area contributed by atoms with Gasteiger partial charge in [-0.15, -0.1) is 12.4 Å². The summed E-state index contributed by atoms with van der Waals surface area (Å²) in [5.41, 5.74) is 5.44. The molecule has 0 aliphatic heterocycles. The summed E-state index contributed by atoms with van der Waals surface area (Å²) in [4.78, 5) is 15.9. The number of aryl methyl sites for hydroxylation is 2. The van der Waals surface area contributed by atoms with Gasteiger partial charge in [-0.1, -0.05) is 19.0 Å². The molecule has 0 aromatic carbocycles. The molecule has 1 aromatic heterocycles. The normalized spacial score (nSPS) is 10.9. The van der Waals surface area contributed by atoms with Crippen LogP contribution in [0.25, 0.3) is 0 Å². The number of nitrogens with zero attached hydrogens (tertiary/aromatic N) is 2. The second-order valence-corrected chi connectivity index (χ2v) is 4.48. The summed E-state index contributed by atoms with van der Waals surface area (Å²) >= 11 is 0. The fourth-order valence-corrected chi connectivity index (χ4v) is 1.79. The molecule has 3 N–H and O–H groups in total. The van der Waals surface area contributed by atoms with E-state index in [2.05, 4.69) is 15.5 Å². The van der Waals surface area contributed by atoms with Gasteiger partial charge >= 0.3 is 0 Å². The highest BCUT2D eigenvalue weighted by Crippen LogP contribution is 2.13. The van der Waals surface area contributed by atoms with Crippen LogP contribution in [0, 0.1) is 6.92 Å². The van der Waals surface area contributed by atoms with Gasteiger partial charge in [0, 0.05) is 19.4 Å². The average Bonchev–Trinajstić information content (AvgIpc) is 2.80. The molecule has 0 bridgehead atoms. The molecule has 0 aliphatic carbocycles. The first-order valence-electron chi connectivity index (χ1n) is 6.35. The van der Waals surface area contributed by atoms with Crippen LogP contribution < -0.4 is 11.1 Å². The van der Waals surface area contributed by atoms with E-state index in [9.17, 15) is 4.79 Å². The van der Waals surface area contributed by atoms with E-state index in [0.29, 0.717) is 31.1 Å². The number of hydrogen-bond donors (Lipinski definition) is 2. The fourth-order valence-electron chi connectivity index (χ4n) is 1.79. The van der Waals surface area contributed by atoms with Gasteiger partial charge in [0.05, 0.1) is 5.54 Å². The van der Waals surface area contributed by atoms with Gasteiger partial charge in [-0.3, -0.25) is 4.79 Å². The highest BCUT2D eigenvalue weighted by molar-refractivity contribution is 5.85. The van der Waals surface area contributed by atoms with E-state index < -0.39 is 0 Å². The lowest BCUT2D eigenvalue weighted by molar-refractivity contribution is -0.123. The van der Waals surface area contributed by atoms with Crippen molar-refractivity contribution in [3.63, 3.8) is 0 Å². The molecular weight excluding hydrogens is 268 g/mol. The second-order valence-electron chi connectivity index (χ2n) is 4.48. The lowest BCUT2D eigenvalue weighted by Gasteiger charge is -2.31. The number of carbonyl (C=O) groups excluding carboxylic acids is 1. The SMILES string of the molecule is CCC(CC)(CN)NC(=O)CCc1nc(C)no1.Cl. The lowest BCUT2D eigenvalue weighted by atomic mass is 9.92. The Hall–Kier alpha value is -1.14. The van der Waals surface area contributed by atoms with Gasteiger partial charge in [0.1, 0.15) is 0 Å². The molecule has 0 unspecified atom stereocenters. The van der Waals surface area contributed by atoms with E-state index in [1.807, 2.05) is 13.8 Å². The summed E-state index contributed by atoms with van der Waals surface area (Å²) < 4.78 is 4.96. The Morgan fingerprint density at radius 3 is 2.47 bits per heavy atom. The van der Waals surface area contributed by atoms with Crippen LogP contribution in [0.2, 0.25) is 0 Å². The van der Waals surface area contributed by atoms with Gasteiger partial charge in [-0.2, -0.15) is 4.98 Å². The molecule has 1 aromatic rings. The smallest absolute Gasteiger partial charge is 0.227 e. The number of nitrogens with one attached hydrogen (secondary N) is 1. The fraction of sp³-hybridized carbons (Fsp3) is 0.750. The molecule has 0 atom stereocenters. The molecule has 1 amide bonds. The minimum absolute atomic E-state index is 0. The molecule has 19 heavy (non-hydrogen) atoms. The Labute approximate surface area is 119 Å². The predicted octanol–water partition coefficient (Wildman–Crippen LogP) is 1.37. The van der Waals surface area contributed by atoms with Gasteiger partial charge in [-0.25, -0.2) is 0 Å². The number of aromatic nitrogens is 2. The Morgan fingerprint density at radius 1 is 1.42 bits per heavy atom. The third-order valence-corrected chi connectivity index (χ3v) is 3.28. The van der Waals surface area contributed by atoms with Crippen molar-refractivity contribution in [3.05, 3.63) is 11.7 Å². The maximum Gasteiger partial charge on any atom is 0.227 e. The molecule has 0 aliphatic rings. The van der Waals surface area contributed by atoms with Crippen molar-refractivity contribution in [2.45, 2.75) is 52.0 Å². The topological polar surface area (TPSA) is 94.0 Å². The van der Waals surface area contributed by atoms with Crippen LogP contribution in [0.1, 0.15) is 44.8 Å². The quantitative estimate of drug-likeness (QED) is 0.791. The van der Waals surface area contributed by atoms with Gasteiger partial charge in [0.25, 0.3) is 0 Å². The molecule has 7 heteroatoms. The Balaban J connectivity index is 0.00000324. The molecule has 0 saturated heterocycles. The number of carbonyl (C=O) groups is 1. The maximum atomic E-state index is 11.9. The minimum atomic E-state index is -0.290. The van der Waals surface area contributed by atoms with Crippen molar-refractivity contribution >= 4 is 18.3 Å². The van der Waals surface area contributed by atoms with E-state index in [-0.39, 0.29) is 23.9 Å². The zero-order valence-corrected chi connectivity index (χ0v) is 12.5. The lowest BCUT2D eigenvalue weighted by Crippen LogP contribution is -2.52. The number of hydrogen-bond acceptors (Lipinski definition) is 5. The summed E-state index contributed by atoms with van der Waals surface area (Å²) in [5.74, 6) is 1.05. The van der Waals surface area contributed by atoms with E-state index in [1.165, 1.54) is 0 Å². The summed E-state index contributed by atoms with van der Waals surface area (Å²) in [6, 6.07) is 0. The number of rotatable bonds is 7. The van der Waals surface area contributed by atoms with E-state index >= 15 is 0 Å². The van der Waals surface area contributed by atoms with Crippen LogP contribution in [0.5, 0.6) is 0 Å². The largest absolute Gasteiger partial charge is 0.349 e. The van der Waals surface area contributed by atoms with Gasteiger partial charge in [0.2, 0.25) is 11.8 Å². The van der Waals surface area contributed by atoms with E-state index in [1.54, 1.807) is 6.92 Å². The summed E-state index contributed by atoms with van der Waals surface area (Å²) in [7, 11) is 0. The second kappa shape index (κ2) is 8.12. The minimum Gasteiger partial charge on any atom is -0.349 e. The van der Waals surface area contributed by atoms with Crippen molar-refractivity contribution in [1.82, 2.24) is 15.5 Å². The third kappa shape index (κ3) is 5.16. The zero-order valence-electron chi connectivity index (χ0n) is 11.7. The molecule has 0 spiro atoms. The van der Waals surface area contributed by atoms with Crippen molar-refractivity contribution in [1.29, 1.82) is 0 Å². The number of nitrogens with two attached hydrogens (primary N) is 1. The average molecular weight is 291 g/mol. The van der Waals surface area contributed by atoms with Crippen molar-refractivity contribution < 1.29 is 9.32 Å². The highest BCUT2D eigenvalue weighted by atomic mass is 35.5. The number of amides is 1. The first-order chi connectivity index (χ1) is 8.55. The molecule has 0 radical (unpaired) electrons. The van der Waals surface area contributed by atoms with Crippen molar-refractivity contribution in [2.24, 2.45) is 5.73 Å². The first-order valence-corrected chi connectivity index (χ1v) is 6.35. The standard InChI is InChI=1S/C12H22N4O2.ClH/c1-4-12(5-2,8-13)15-10(17)6-7-11-14-9(3)16-18-11;/h4-8,13H2,1-3H3,(H,15,17);1H. The van der Waals surface area contributed by atoms with E-state index in [4.69, 9.17) is 10.3 Å². The molecule has 0 fully saturated rings. The molecular formula is C12H23ClN4O2. The summed E-state index contributed by atoms with van der Waals surface area (Å²) in [5, 5.41) is 6.68. The highest BCUT2D eigenvalue weighted by Gasteiger charge is 2.26. The maximum absolute atomic E-state index is 11.9. The van der Waals surface area contributed by atoms with Crippen LogP contribution >= 0.6 is 12.4 Å². The zero-order chi connectivity index (χ0) is 13.6. The van der Waals surface area contributed by atoms with Crippen LogP contribution in [-0.2, 0) is 11.2 Å². The van der Waals surface area contributed by atoms with Crippen LogP contribution in [0.3, 0.4) is 0 Å². The van der Waals surface area contributed by atoms with Crippen LogP contribution in [0.15, 0.2) is 4.52 Å². The molecule has 110 valence electrons. The monoisotopic (exact) mass is 290 g/mol. The Bertz CT molecular complexity index is 383. The third-order valence-electron chi connectivity index (χ3n) is 3.28. The van der Waals surface area contributed by atoms with Gasteiger partial charge < -0.3 is 15.6 Å². The summed E-state index contributed by atoms with van der Waals surface area (Å²) in [6.07, 6.45) is 2.45. The van der Waals surface area contributed by atoms with Crippen molar-refractivity contribution in [3.8, 4) is 0 Å². The predicted molar refractivity (Wildman–Crippen MR) is 75.1 cm³/mol. The number of halogens is 1. The van der Waals surface area contributed by atoms with Gasteiger partial charge in [-0.05, 0) is 19.8 Å². The van der Waals surface area contributed by atoms with Gasteiger partial charge in [0.15, 0.2) is 5.82 Å². The molecule has 1 heterocycles.